The molecule has 3 rings (SSSR count). The Morgan fingerprint density at radius 3 is 2.13 bits per heavy atom. The molecule has 0 bridgehead atoms. The monoisotopic (exact) mass is 308 g/mol. The van der Waals surface area contributed by atoms with Gasteiger partial charge < -0.3 is 14.4 Å². The molecule has 1 heterocycles. The second kappa shape index (κ2) is 7.06. The van der Waals surface area contributed by atoms with E-state index in [1.807, 2.05) is 24.3 Å². The number of piperidine rings is 1. The summed E-state index contributed by atoms with van der Waals surface area (Å²) in [6, 6.07) is 17.6. The fourth-order valence-corrected chi connectivity index (χ4v) is 2.83. The third-order valence-corrected chi connectivity index (χ3v) is 4.17. The Kier molecular flexibility index (Phi) is 4.68. The summed E-state index contributed by atoms with van der Waals surface area (Å²) in [4.78, 5) is 2.37. The number of hydrogen-bond acceptors (Lipinski definition) is 4. The zero-order valence-electron chi connectivity index (χ0n) is 13.2. The number of methoxy groups -OCH3 is 1. The van der Waals surface area contributed by atoms with Gasteiger partial charge in [0.15, 0.2) is 0 Å². The molecular formula is C19H20N2O2. The number of nitrogens with zero attached hydrogens (tertiary/aromatic N) is 2. The molecule has 0 spiro atoms. The van der Waals surface area contributed by atoms with Crippen molar-refractivity contribution < 1.29 is 9.47 Å². The maximum absolute atomic E-state index is 8.82. The van der Waals surface area contributed by atoms with E-state index in [4.69, 9.17) is 14.7 Å². The number of anilines is 1. The quantitative estimate of drug-likeness (QED) is 0.865. The fraction of sp³-hybridized carbons (Fsp3) is 0.316. The third-order valence-electron chi connectivity index (χ3n) is 4.17. The van der Waals surface area contributed by atoms with Gasteiger partial charge in [-0.1, -0.05) is 0 Å². The van der Waals surface area contributed by atoms with Gasteiger partial charge in [-0.3, -0.25) is 0 Å². The van der Waals surface area contributed by atoms with Crippen molar-refractivity contribution in [2.75, 3.05) is 25.1 Å². The van der Waals surface area contributed by atoms with E-state index in [-0.39, 0.29) is 6.10 Å². The summed E-state index contributed by atoms with van der Waals surface area (Å²) in [7, 11) is 1.68. The highest BCUT2D eigenvalue weighted by Gasteiger charge is 2.20. The van der Waals surface area contributed by atoms with Crippen LogP contribution in [0.3, 0.4) is 0 Å². The van der Waals surface area contributed by atoms with Crippen LogP contribution < -0.4 is 14.4 Å². The summed E-state index contributed by atoms with van der Waals surface area (Å²) in [6.07, 6.45) is 2.22. The van der Waals surface area contributed by atoms with Crippen LogP contribution in [0.15, 0.2) is 48.5 Å². The van der Waals surface area contributed by atoms with Gasteiger partial charge in [-0.2, -0.15) is 5.26 Å². The Morgan fingerprint density at radius 1 is 0.957 bits per heavy atom. The largest absolute Gasteiger partial charge is 0.497 e. The van der Waals surface area contributed by atoms with Gasteiger partial charge in [0.25, 0.3) is 0 Å². The molecule has 118 valence electrons. The molecule has 0 saturated carbocycles. The predicted molar refractivity (Wildman–Crippen MR) is 90.0 cm³/mol. The zero-order valence-corrected chi connectivity index (χ0v) is 13.2. The van der Waals surface area contributed by atoms with Gasteiger partial charge in [-0.05, 0) is 48.5 Å². The first kappa shape index (κ1) is 15.2. The Morgan fingerprint density at radius 2 is 1.57 bits per heavy atom. The van der Waals surface area contributed by atoms with Gasteiger partial charge in [0.05, 0.1) is 18.7 Å². The van der Waals surface area contributed by atoms with E-state index in [0.717, 1.165) is 37.4 Å². The highest BCUT2D eigenvalue weighted by molar-refractivity contribution is 5.49. The minimum atomic E-state index is 0.234. The second-order valence-electron chi connectivity index (χ2n) is 5.64. The van der Waals surface area contributed by atoms with Crippen molar-refractivity contribution in [1.29, 1.82) is 5.26 Å². The number of rotatable bonds is 4. The standard InChI is InChI=1S/C19H20N2O2/c1-22-17-8-4-16(5-9-17)21-12-10-19(11-13-21)23-18-6-2-15(14-20)3-7-18/h2-9,19H,10-13H2,1H3. The van der Waals surface area contributed by atoms with E-state index >= 15 is 0 Å². The van der Waals surface area contributed by atoms with Crippen molar-refractivity contribution in [1.82, 2.24) is 0 Å². The van der Waals surface area contributed by atoms with Crippen molar-refractivity contribution in [3.8, 4) is 17.6 Å². The third kappa shape index (κ3) is 3.75. The highest BCUT2D eigenvalue weighted by Crippen LogP contribution is 2.25. The van der Waals surface area contributed by atoms with E-state index < -0.39 is 0 Å². The van der Waals surface area contributed by atoms with Crippen molar-refractivity contribution in [3.63, 3.8) is 0 Å². The van der Waals surface area contributed by atoms with Crippen LogP contribution in [0, 0.1) is 11.3 Å². The molecular weight excluding hydrogens is 288 g/mol. The molecule has 0 atom stereocenters. The smallest absolute Gasteiger partial charge is 0.119 e. The molecule has 1 fully saturated rings. The van der Waals surface area contributed by atoms with Crippen LogP contribution in [0.25, 0.3) is 0 Å². The summed E-state index contributed by atoms with van der Waals surface area (Å²) in [5, 5.41) is 8.82. The van der Waals surface area contributed by atoms with Gasteiger partial charge in [-0.25, -0.2) is 0 Å². The summed E-state index contributed by atoms with van der Waals surface area (Å²) in [6.45, 7) is 1.96. The van der Waals surface area contributed by atoms with E-state index in [1.165, 1.54) is 5.69 Å². The molecule has 2 aromatic rings. The van der Waals surface area contributed by atoms with Crippen LogP contribution in [0.5, 0.6) is 11.5 Å². The second-order valence-corrected chi connectivity index (χ2v) is 5.64. The molecule has 4 heteroatoms. The molecule has 0 aromatic heterocycles. The Bertz CT molecular complexity index is 666. The summed E-state index contributed by atoms with van der Waals surface area (Å²) >= 11 is 0. The van der Waals surface area contributed by atoms with Crippen molar-refractivity contribution in [2.24, 2.45) is 0 Å². The molecule has 0 radical (unpaired) electrons. The lowest BCUT2D eigenvalue weighted by molar-refractivity contribution is 0.171. The summed E-state index contributed by atoms with van der Waals surface area (Å²) in [5.74, 6) is 1.72. The minimum Gasteiger partial charge on any atom is -0.497 e. The van der Waals surface area contributed by atoms with Gasteiger partial charge in [0.2, 0.25) is 0 Å². The van der Waals surface area contributed by atoms with Crippen LogP contribution >= 0.6 is 0 Å². The highest BCUT2D eigenvalue weighted by atomic mass is 16.5. The van der Waals surface area contributed by atoms with Crippen molar-refractivity contribution in [3.05, 3.63) is 54.1 Å². The van der Waals surface area contributed by atoms with E-state index in [0.29, 0.717) is 5.56 Å². The van der Waals surface area contributed by atoms with Crippen molar-refractivity contribution in [2.45, 2.75) is 18.9 Å². The van der Waals surface area contributed by atoms with Gasteiger partial charge in [0.1, 0.15) is 17.6 Å². The molecule has 0 amide bonds. The normalized spacial score (nSPS) is 15.0. The summed E-state index contributed by atoms with van der Waals surface area (Å²) in [5.41, 5.74) is 1.88. The lowest BCUT2D eigenvalue weighted by Crippen LogP contribution is -2.38. The average Bonchev–Trinajstić information content (AvgIpc) is 2.63. The molecule has 1 aliphatic heterocycles. The van der Waals surface area contributed by atoms with Crippen LogP contribution in [0.1, 0.15) is 18.4 Å². The molecule has 0 aliphatic carbocycles. The number of ether oxygens (including phenoxy) is 2. The number of benzene rings is 2. The minimum absolute atomic E-state index is 0.234. The topological polar surface area (TPSA) is 45.5 Å². The lowest BCUT2D eigenvalue weighted by Gasteiger charge is -2.33. The Hall–Kier alpha value is -2.67. The first-order chi connectivity index (χ1) is 11.3. The maximum atomic E-state index is 8.82. The molecule has 1 saturated heterocycles. The van der Waals surface area contributed by atoms with Gasteiger partial charge in [0, 0.05) is 31.6 Å². The Balaban J connectivity index is 1.54. The molecule has 0 unspecified atom stereocenters. The summed E-state index contributed by atoms with van der Waals surface area (Å²) < 4.78 is 11.2. The molecule has 4 nitrogen and oxygen atoms in total. The van der Waals surface area contributed by atoms with Gasteiger partial charge >= 0.3 is 0 Å². The SMILES string of the molecule is COc1ccc(N2CCC(Oc3ccc(C#N)cc3)CC2)cc1. The lowest BCUT2D eigenvalue weighted by atomic mass is 10.1. The predicted octanol–water partition coefficient (Wildman–Crippen LogP) is 3.61. The number of nitriles is 1. The van der Waals surface area contributed by atoms with E-state index in [2.05, 4.69) is 23.1 Å². The van der Waals surface area contributed by atoms with Crippen LogP contribution in [-0.2, 0) is 0 Å². The molecule has 0 N–H and O–H groups in total. The first-order valence-corrected chi connectivity index (χ1v) is 7.84. The molecule has 23 heavy (non-hydrogen) atoms. The van der Waals surface area contributed by atoms with Crippen LogP contribution in [0.4, 0.5) is 5.69 Å². The Labute approximate surface area is 136 Å². The van der Waals surface area contributed by atoms with Gasteiger partial charge in [-0.15, -0.1) is 0 Å². The molecule has 2 aromatic carbocycles. The van der Waals surface area contributed by atoms with E-state index in [1.54, 1.807) is 19.2 Å². The van der Waals surface area contributed by atoms with Crippen molar-refractivity contribution >= 4 is 5.69 Å². The van der Waals surface area contributed by atoms with E-state index in [9.17, 15) is 0 Å². The average molecular weight is 308 g/mol. The first-order valence-electron chi connectivity index (χ1n) is 7.84. The fourth-order valence-electron chi connectivity index (χ4n) is 2.83. The molecule has 1 aliphatic rings. The zero-order chi connectivity index (χ0) is 16.1. The maximum Gasteiger partial charge on any atom is 0.119 e. The number of hydrogen-bond donors (Lipinski definition) is 0. The van der Waals surface area contributed by atoms with Crippen LogP contribution in [0.2, 0.25) is 0 Å². The van der Waals surface area contributed by atoms with Crippen LogP contribution in [-0.4, -0.2) is 26.3 Å².